The summed E-state index contributed by atoms with van der Waals surface area (Å²) in [6.07, 6.45) is -0.536. The Morgan fingerprint density at radius 1 is 1.18 bits per heavy atom. The summed E-state index contributed by atoms with van der Waals surface area (Å²) < 4.78 is 26.0. The van der Waals surface area contributed by atoms with E-state index in [4.69, 9.17) is 26.8 Å². The van der Waals surface area contributed by atoms with Crippen LogP contribution in [0.5, 0.6) is 0 Å². The molecule has 3 heterocycles. The zero-order valence-electron chi connectivity index (χ0n) is 23.8. The van der Waals surface area contributed by atoms with Crippen LogP contribution in [0.1, 0.15) is 28.9 Å². The monoisotopic (exact) mass is 711 g/mol. The Hall–Kier alpha value is -3.05. The number of nitrogens with zero attached hydrogens (tertiary/aromatic N) is 3. The topological polar surface area (TPSA) is 172 Å². The Morgan fingerprint density at radius 2 is 1.93 bits per heavy atom. The molecular formula is C27H33Cl3FN5O8S. The number of amides is 4. The average Bonchev–Trinajstić information content (AvgIpc) is 3.57. The number of hydrogen-bond donors (Lipinski definition) is 3. The van der Waals surface area contributed by atoms with Crippen molar-refractivity contribution in [1.29, 1.82) is 0 Å². The largest absolute Gasteiger partial charge is 0.480 e. The summed E-state index contributed by atoms with van der Waals surface area (Å²) in [5.41, 5.74) is 5.68. The van der Waals surface area contributed by atoms with E-state index in [1.807, 2.05) is 0 Å². The van der Waals surface area contributed by atoms with Gasteiger partial charge in [-0.3, -0.25) is 34.3 Å². The minimum atomic E-state index is -1.15. The minimum Gasteiger partial charge on any atom is -0.480 e. The van der Waals surface area contributed by atoms with Crippen molar-refractivity contribution in [2.75, 3.05) is 55.7 Å². The lowest BCUT2D eigenvalue weighted by molar-refractivity contribution is -0.140. The third kappa shape index (κ3) is 9.72. The fourth-order valence-corrected chi connectivity index (χ4v) is 5.65. The van der Waals surface area contributed by atoms with Gasteiger partial charge in [-0.15, -0.1) is 36.2 Å². The molecule has 1 aromatic carbocycles. The molecular weight excluding hydrogens is 680 g/mol. The molecule has 4 amide bonds. The van der Waals surface area contributed by atoms with Crippen LogP contribution in [0.15, 0.2) is 30.3 Å². The smallest absolute Gasteiger partial charge is 0.414 e. The van der Waals surface area contributed by atoms with Gasteiger partial charge in [0.1, 0.15) is 24.6 Å². The number of carboxylic acids is 1. The van der Waals surface area contributed by atoms with Gasteiger partial charge in [0.2, 0.25) is 5.91 Å². The molecule has 2 aromatic rings. The molecule has 2 aliphatic heterocycles. The molecule has 248 valence electrons. The maximum atomic E-state index is 15.2. The van der Waals surface area contributed by atoms with Gasteiger partial charge in [0.15, 0.2) is 0 Å². The van der Waals surface area contributed by atoms with Gasteiger partial charge in [-0.05, 0) is 49.7 Å². The molecule has 2 atom stereocenters. The highest BCUT2D eigenvalue weighted by atomic mass is 35.5. The maximum Gasteiger partial charge on any atom is 0.414 e. The average molecular weight is 713 g/mol. The van der Waals surface area contributed by atoms with Gasteiger partial charge in [0.05, 0.1) is 41.1 Å². The molecule has 45 heavy (non-hydrogen) atoms. The molecule has 13 nitrogen and oxygen atoms in total. The molecule has 1 aromatic heterocycles. The number of carbonyl (C=O) groups is 5. The summed E-state index contributed by atoms with van der Waals surface area (Å²) >= 11 is 6.93. The summed E-state index contributed by atoms with van der Waals surface area (Å²) in [5, 5.41) is 12.2. The van der Waals surface area contributed by atoms with Crippen molar-refractivity contribution in [3.63, 3.8) is 0 Å². The molecule has 2 saturated heterocycles. The summed E-state index contributed by atoms with van der Waals surface area (Å²) in [5.74, 6) is -3.71. The molecule has 0 radical (unpaired) electrons. The number of hydrogen-bond acceptors (Lipinski definition) is 10. The number of carbonyl (C=O) groups excluding carboxylic acids is 4. The highest BCUT2D eigenvalue weighted by Gasteiger charge is 2.38. The van der Waals surface area contributed by atoms with E-state index in [0.717, 1.165) is 27.2 Å². The van der Waals surface area contributed by atoms with E-state index >= 15 is 4.39 Å². The molecule has 0 unspecified atom stereocenters. The number of rotatable bonds is 13. The Balaban J connectivity index is 0.00000353. The van der Waals surface area contributed by atoms with Crippen molar-refractivity contribution in [1.82, 2.24) is 10.2 Å². The van der Waals surface area contributed by atoms with Crippen LogP contribution in [-0.4, -0.2) is 97.9 Å². The van der Waals surface area contributed by atoms with Crippen LogP contribution < -0.4 is 20.9 Å². The second kappa shape index (κ2) is 17.6. The summed E-state index contributed by atoms with van der Waals surface area (Å²) in [6, 6.07) is 5.88. The lowest BCUT2D eigenvalue weighted by Crippen LogP contribution is -2.49. The van der Waals surface area contributed by atoms with Crippen molar-refractivity contribution >= 4 is 88.9 Å². The van der Waals surface area contributed by atoms with Gasteiger partial charge in [-0.1, -0.05) is 18.0 Å². The van der Waals surface area contributed by atoms with Crippen LogP contribution in [0.3, 0.4) is 0 Å². The lowest BCUT2D eigenvalue weighted by atomic mass is 10.1. The van der Waals surface area contributed by atoms with E-state index in [1.165, 1.54) is 29.2 Å². The van der Waals surface area contributed by atoms with Crippen LogP contribution in [0.4, 0.5) is 20.6 Å². The third-order valence-corrected chi connectivity index (χ3v) is 8.07. The molecule has 0 saturated carbocycles. The van der Waals surface area contributed by atoms with E-state index in [0.29, 0.717) is 36.0 Å². The lowest BCUT2D eigenvalue weighted by Gasteiger charge is -2.27. The number of nitrogens with one attached hydrogen (secondary N) is 1. The van der Waals surface area contributed by atoms with Crippen molar-refractivity contribution < 1.29 is 42.9 Å². The fraction of sp³-hybridized carbons (Fsp3) is 0.444. The van der Waals surface area contributed by atoms with E-state index < -0.39 is 48.4 Å². The number of halogens is 4. The number of carboxylic acid groups (broad SMARTS) is 1. The quantitative estimate of drug-likeness (QED) is 0.262. The first-order valence-electron chi connectivity index (χ1n) is 13.5. The zero-order chi connectivity index (χ0) is 31.1. The van der Waals surface area contributed by atoms with E-state index in [-0.39, 0.29) is 73.9 Å². The molecule has 0 spiro atoms. The Kier molecular flexibility index (Phi) is 14.9. The first-order valence-corrected chi connectivity index (χ1v) is 14.7. The van der Waals surface area contributed by atoms with Crippen LogP contribution in [-0.2, 0) is 23.9 Å². The number of unbranched alkanes of at least 4 members (excludes halogenated alkanes) is 1. The molecule has 18 heteroatoms. The van der Waals surface area contributed by atoms with Crippen LogP contribution in [0.25, 0.3) is 0 Å². The molecule has 0 bridgehead atoms. The van der Waals surface area contributed by atoms with Gasteiger partial charge in [0, 0.05) is 12.2 Å². The van der Waals surface area contributed by atoms with E-state index in [2.05, 4.69) is 5.32 Å². The number of nitrogens with two attached hydrogens (primary N) is 1. The van der Waals surface area contributed by atoms with Crippen LogP contribution in [0, 0.1) is 5.82 Å². The first kappa shape index (κ1) is 38.1. The molecule has 4 N–H and O–H groups in total. The fourth-order valence-electron chi connectivity index (χ4n) is 4.66. The standard InChI is InChI=1S/C27H31ClFN5O8S.2ClH/c28-22-7-6-21(43-22)25(37)34(23(35)12-31-19(26(38)39)3-1-2-8-30)14-17-13-33(27(40)42-17)20-5-4-16(11-18(20)29)32-9-10-41-15-24(32)36;;/h4-7,11,17,19,31H,1-3,8-10,12-15,30H2,(H,38,39);2*1H/t17-,19+;;/m1../s1. The number of benzene rings is 1. The number of thiophene rings is 1. The Morgan fingerprint density at radius 3 is 2.56 bits per heavy atom. The number of morpholine rings is 1. The minimum absolute atomic E-state index is 0. The second-order valence-electron chi connectivity index (χ2n) is 9.82. The summed E-state index contributed by atoms with van der Waals surface area (Å²) in [4.78, 5) is 66.5. The molecule has 2 aliphatic rings. The van der Waals surface area contributed by atoms with Crippen molar-refractivity contribution in [3.8, 4) is 0 Å². The van der Waals surface area contributed by atoms with Crippen molar-refractivity contribution in [2.45, 2.75) is 31.4 Å². The number of imide groups is 1. The van der Waals surface area contributed by atoms with Gasteiger partial charge in [0.25, 0.3) is 11.8 Å². The predicted octanol–water partition coefficient (Wildman–Crippen LogP) is 2.91. The zero-order valence-corrected chi connectivity index (χ0v) is 27.0. The first-order chi connectivity index (χ1) is 20.6. The molecule has 0 aliphatic carbocycles. The van der Waals surface area contributed by atoms with Gasteiger partial charge in [-0.25, -0.2) is 9.18 Å². The van der Waals surface area contributed by atoms with Crippen molar-refractivity contribution in [2.24, 2.45) is 5.73 Å². The number of ether oxygens (including phenoxy) is 2. The van der Waals surface area contributed by atoms with Gasteiger partial charge < -0.3 is 25.2 Å². The number of anilines is 2. The molecule has 4 rings (SSSR count). The normalized spacial score (nSPS) is 16.8. The highest BCUT2D eigenvalue weighted by Crippen LogP contribution is 2.30. The van der Waals surface area contributed by atoms with Crippen LogP contribution >= 0.6 is 47.8 Å². The highest BCUT2D eigenvalue weighted by molar-refractivity contribution is 7.18. The van der Waals surface area contributed by atoms with Gasteiger partial charge in [-0.2, -0.15) is 0 Å². The Bertz CT molecular complexity index is 1390. The second-order valence-corrected chi connectivity index (χ2v) is 11.5. The van der Waals surface area contributed by atoms with Crippen LogP contribution in [0.2, 0.25) is 4.34 Å². The Labute approximate surface area is 279 Å². The van der Waals surface area contributed by atoms with E-state index in [9.17, 15) is 29.1 Å². The summed E-state index contributed by atoms with van der Waals surface area (Å²) in [6.45, 7) is -0.186. The predicted molar refractivity (Wildman–Crippen MR) is 169 cm³/mol. The SMILES string of the molecule is Cl.Cl.NCCCC[C@H](NCC(=O)N(C[C@H]1CN(c2ccc(N3CCOCC3=O)cc2F)C(=O)O1)C(=O)c1ccc(Cl)s1)C(=O)O. The maximum absolute atomic E-state index is 15.2. The third-order valence-electron chi connectivity index (χ3n) is 6.85. The van der Waals surface area contributed by atoms with E-state index in [1.54, 1.807) is 0 Å². The number of cyclic esters (lactones) is 1. The van der Waals surface area contributed by atoms with Crippen molar-refractivity contribution in [3.05, 3.63) is 45.4 Å². The summed E-state index contributed by atoms with van der Waals surface area (Å²) in [7, 11) is 0. The molecule has 2 fully saturated rings. The number of aliphatic carboxylic acids is 1. The van der Waals surface area contributed by atoms with Gasteiger partial charge >= 0.3 is 12.1 Å².